The van der Waals surface area contributed by atoms with Crippen molar-refractivity contribution in [3.8, 4) is 0 Å². The molecule has 0 aliphatic rings. The molecule has 0 bridgehead atoms. The van der Waals surface area contributed by atoms with Gasteiger partial charge in [-0.15, -0.1) is 0 Å². The first-order valence-corrected chi connectivity index (χ1v) is 37.7. The van der Waals surface area contributed by atoms with Crippen LogP contribution in [0.25, 0.3) is 0 Å². The molecule has 0 spiro atoms. The average molecular weight is 1270 g/mol. The fourth-order valence-corrected chi connectivity index (χ4v) is 11.5. The van der Waals surface area contributed by atoms with Gasteiger partial charge < -0.3 is 33.8 Å². The minimum Gasteiger partial charge on any atom is -0.462 e. The number of hydrogen-bond donors (Lipinski definition) is 3. The summed E-state index contributed by atoms with van der Waals surface area (Å²) >= 11 is 0. The largest absolute Gasteiger partial charge is 0.472 e. The average Bonchev–Trinajstić information content (AvgIpc) is 3.63. The zero-order chi connectivity index (χ0) is 63.9. The second kappa shape index (κ2) is 57.0. The van der Waals surface area contributed by atoms with Crippen LogP contribution < -0.4 is 0 Å². The van der Waals surface area contributed by atoms with Crippen LogP contribution >= 0.6 is 15.6 Å². The lowest BCUT2D eigenvalue weighted by molar-refractivity contribution is -0.161. The van der Waals surface area contributed by atoms with Crippen LogP contribution in [-0.2, 0) is 65.4 Å². The highest BCUT2D eigenvalue weighted by atomic mass is 31.2. The van der Waals surface area contributed by atoms with Gasteiger partial charge in [-0.1, -0.05) is 274 Å². The lowest BCUT2D eigenvalue weighted by Crippen LogP contribution is -2.30. The van der Waals surface area contributed by atoms with E-state index < -0.39 is 97.5 Å². The Morgan fingerprint density at radius 1 is 0.326 bits per heavy atom. The molecular weight excluding hydrogens is 1140 g/mol. The molecule has 0 saturated carbocycles. The number of phosphoric acid groups is 2. The summed E-state index contributed by atoms with van der Waals surface area (Å²) in [6.07, 6.45) is 37.7. The number of hydrogen-bond acceptors (Lipinski definition) is 15. The maximum Gasteiger partial charge on any atom is 0.472 e. The van der Waals surface area contributed by atoms with Crippen LogP contribution in [0.3, 0.4) is 0 Å². The number of unbranched alkanes of at least 4 members (excludes halogenated alkanes) is 29. The van der Waals surface area contributed by atoms with Crippen LogP contribution in [0.4, 0.5) is 0 Å². The summed E-state index contributed by atoms with van der Waals surface area (Å²) in [5, 5.41) is 10.6. The van der Waals surface area contributed by atoms with Crippen molar-refractivity contribution in [3.05, 3.63) is 0 Å². The first-order chi connectivity index (χ1) is 41.1. The van der Waals surface area contributed by atoms with Crippen LogP contribution in [0.2, 0.25) is 0 Å². The monoisotopic (exact) mass is 1270 g/mol. The Morgan fingerprint density at radius 2 is 0.558 bits per heavy atom. The van der Waals surface area contributed by atoms with Crippen molar-refractivity contribution in [3.63, 3.8) is 0 Å². The first kappa shape index (κ1) is 84.1. The third-order valence-electron chi connectivity index (χ3n) is 15.7. The highest BCUT2D eigenvalue weighted by Crippen LogP contribution is 2.45. The van der Waals surface area contributed by atoms with E-state index in [0.29, 0.717) is 31.6 Å². The molecule has 0 saturated heterocycles. The van der Waals surface area contributed by atoms with Crippen LogP contribution in [-0.4, -0.2) is 96.7 Å². The quantitative estimate of drug-likeness (QED) is 0.0222. The maximum atomic E-state index is 13.0. The summed E-state index contributed by atoms with van der Waals surface area (Å²) in [6.45, 7) is 14.0. The van der Waals surface area contributed by atoms with Crippen LogP contribution in [0.1, 0.15) is 325 Å². The van der Waals surface area contributed by atoms with E-state index in [4.69, 9.17) is 37.0 Å². The maximum absolute atomic E-state index is 13.0. The number of ether oxygens (including phenoxy) is 4. The summed E-state index contributed by atoms with van der Waals surface area (Å²) in [6, 6.07) is 0. The molecule has 0 aliphatic carbocycles. The van der Waals surface area contributed by atoms with Crippen molar-refractivity contribution in [1.29, 1.82) is 0 Å². The van der Waals surface area contributed by atoms with Gasteiger partial charge in [0.25, 0.3) is 0 Å². The molecule has 0 amide bonds. The van der Waals surface area contributed by atoms with Gasteiger partial charge in [-0.25, -0.2) is 9.13 Å². The molecule has 86 heavy (non-hydrogen) atoms. The molecule has 0 aromatic carbocycles. The van der Waals surface area contributed by atoms with Gasteiger partial charge in [0.15, 0.2) is 12.2 Å². The lowest BCUT2D eigenvalue weighted by Gasteiger charge is -2.21. The Morgan fingerprint density at radius 3 is 0.826 bits per heavy atom. The Balaban J connectivity index is 5.26. The molecule has 3 N–H and O–H groups in total. The van der Waals surface area contributed by atoms with Crippen LogP contribution in [0.5, 0.6) is 0 Å². The second-order valence-electron chi connectivity index (χ2n) is 25.9. The highest BCUT2D eigenvalue weighted by Gasteiger charge is 2.30. The van der Waals surface area contributed by atoms with Crippen molar-refractivity contribution in [2.75, 3.05) is 39.6 Å². The minimum atomic E-state index is -4.95. The summed E-state index contributed by atoms with van der Waals surface area (Å²) in [4.78, 5) is 72.4. The van der Waals surface area contributed by atoms with Crippen LogP contribution in [0.15, 0.2) is 0 Å². The molecule has 19 heteroatoms. The molecule has 0 aromatic rings. The number of carbonyl (C=O) groups excluding carboxylic acids is 4. The fraction of sp³-hybridized carbons (Fsp3) is 0.940. The number of esters is 4. The predicted octanol–water partition coefficient (Wildman–Crippen LogP) is 18.5. The number of rotatable bonds is 64. The van der Waals surface area contributed by atoms with Crippen molar-refractivity contribution in [2.24, 2.45) is 23.7 Å². The third kappa shape index (κ3) is 59.7. The SMILES string of the molecule is CCC(C)CCCCCCCCCCCCC(=O)O[C@H](COC(=O)CCCCCCCCCCCC(C)C)COP(=O)(O)OC[C@@H](O)COP(=O)(O)OC[C@@H](COC(=O)CCCCCCCCC(C)C)OC(=O)CCCCCCCCCCC(C)C. The molecule has 0 radical (unpaired) electrons. The molecule has 3 unspecified atom stereocenters. The van der Waals surface area contributed by atoms with E-state index in [-0.39, 0.29) is 25.7 Å². The van der Waals surface area contributed by atoms with Gasteiger partial charge in [-0.2, -0.15) is 0 Å². The molecule has 6 atom stereocenters. The summed E-state index contributed by atoms with van der Waals surface area (Å²) in [5.41, 5.74) is 0. The van der Waals surface area contributed by atoms with Crippen LogP contribution in [0, 0.1) is 23.7 Å². The minimum absolute atomic E-state index is 0.103. The summed E-state index contributed by atoms with van der Waals surface area (Å²) in [5.74, 6) is 0.808. The van der Waals surface area contributed by atoms with E-state index in [2.05, 4.69) is 55.4 Å². The lowest BCUT2D eigenvalue weighted by atomic mass is 9.99. The fourth-order valence-electron chi connectivity index (χ4n) is 9.93. The van der Waals surface area contributed by atoms with Crippen molar-refractivity contribution in [2.45, 2.75) is 343 Å². The van der Waals surface area contributed by atoms with Crippen molar-refractivity contribution in [1.82, 2.24) is 0 Å². The van der Waals surface area contributed by atoms with Crippen molar-refractivity contribution >= 4 is 39.5 Å². The molecule has 0 aromatic heterocycles. The standard InChI is InChI=1S/C67H130O17P2/c1-9-60(8)46-38-30-21-14-10-11-15-23-33-41-49-66(71)83-62(53-77-64(69)47-39-31-22-16-12-13-19-27-35-43-57(2)3)55-81-85(73,74)79-51-61(68)52-80-86(75,76)82-56-63(54-78-65(70)48-40-32-26-25-29-37-45-59(6)7)84-67(72)50-42-34-24-18-17-20-28-36-44-58(4)5/h57-63,68H,9-56H2,1-8H3,(H,73,74)(H,75,76)/t60?,61-,62-,63-/m1/s1. The number of phosphoric ester groups is 2. The molecule has 0 rings (SSSR count). The van der Waals surface area contributed by atoms with E-state index in [1.807, 2.05) is 0 Å². The van der Waals surface area contributed by atoms with Gasteiger partial charge in [0.1, 0.15) is 19.3 Å². The Labute approximate surface area is 524 Å². The Bertz CT molecular complexity index is 1720. The molecule has 0 heterocycles. The van der Waals surface area contributed by atoms with E-state index >= 15 is 0 Å². The number of aliphatic hydroxyl groups excluding tert-OH is 1. The molecule has 510 valence electrons. The van der Waals surface area contributed by atoms with Gasteiger partial charge in [-0.05, 0) is 49.4 Å². The normalized spacial score (nSPS) is 14.7. The van der Waals surface area contributed by atoms with Crippen molar-refractivity contribution < 1.29 is 80.2 Å². The summed E-state index contributed by atoms with van der Waals surface area (Å²) in [7, 11) is -9.90. The van der Waals surface area contributed by atoms with E-state index in [9.17, 15) is 43.2 Å². The topological polar surface area (TPSA) is 237 Å². The highest BCUT2D eigenvalue weighted by molar-refractivity contribution is 7.47. The molecular formula is C67H130O17P2. The predicted molar refractivity (Wildman–Crippen MR) is 344 cm³/mol. The third-order valence-corrected chi connectivity index (χ3v) is 17.6. The van der Waals surface area contributed by atoms with E-state index in [1.54, 1.807) is 0 Å². The van der Waals surface area contributed by atoms with Gasteiger partial charge in [-0.3, -0.25) is 37.3 Å². The second-order valence-corrected chi connectivity index (χ2v) is 28.8. The van der Waals surface area contributed by atoms with E-state index in [0.717, 1.165) is 114 Å². The molecule has 0 aliphatic heterocycles. The molecule has 0 fully saturated rings. The Kier molecular flexibility index (Phi) is 55.7. The van der Waals surface area contributed by atoms with Gasteiger partial charge in [0.05, 0.1) is 26.4 Å². The number of carbonyl (C=O) groups is 4. The van der Waals surface area contributed by atoms with Gasteiger partial charge in [0.2, 0.25) is 0 Å². The first-order valence-electron chi connectivity index (χ1n) is 34.7. The Hall–Kier alpha value is -1.94. The molecule has 17 nitrogen and oxygen atoms in total. The smallest absolute Gasteiger partial charge is 0.462 e. The van der Waals surface area contributed by atoms with Gasteiger partial charge >= 0.3 is 39.5 Å². The van der Waals surface area contributed by atoms with E-state index in [1.165, 1.54) is 122 Å². The zero-order valence-corrected chi connectivity index (χ0v) is 57.7. The summed E-state index contributed by atoms with van der Waals surface area (Å²) < 4.78 is 68.1. The zero-order valence-electron chi connectivity index (χ0n) is 55.9. The van der Waals surface area contributed by atoms with Gasteiger partial charge in [0, 0.05) is 25.7 Å². The number of aliphatic hydroxyl groups is 1.